The van der Waals surface area contributed by atoms with E-state index in [1.165, 1.54) is 6.33 Å². The van der Waals surface area contributed by atoms with Crippen molar-refractivity contribution in [3.05, 3.63) is 17.2 Å². The number of fused-ring (bicyclic) bond motifs is 1. The van der Waals surface area contributed by atoms with Gasteiger partial charge in [0.15, 0.2) is 11.8 Å². The third-order valence-corrected chi connectivity index (χ3v) is 2.51. The highest BCUT2D eigenvalue weighted by atomic mass is 35.5. The number of primary amides is 1. The molecule has 0 aliphatic heterocycles. The van der Waals surface area contributed by atoms with Crippen molar-refractivity contribution in [3.63, 3.8) is 0 Å². The summed E-state index contributed by atoms with van der Waals surface area (Å²) in [7, 11) is 0. The normalized spacial score (nSPS) is 14.8. The first kappa shape index (κ1) is 11.7. The summed E-state index contributed by atoms with van der Waals surface area (Å²) >= 11 is 5.81. The Labute approximate surface area is 99.4 Å². The highest BCUT2D eigenvalue weighted by Crippen LogP contribution is 2.27. The van der Waals surface area contributed by atoms with E-state index in [2.05, 4.69) is 20.2 Å². The number of carbonyl (C=O) groups excluding carboxylic acids is 1. The lowest BCUT2D eigenvalue weighted by atomic mass is 10.1. The van der Waals surface area contributed by atoms with Crippen molar-refractivity contribution in [2.75, 3.05) is 0 Å². The van der Waals surface area contributed by atoms with Gasteiger partial charge >= 0.3 is 0 Å². The van der Waals surface area contributed by atoms with E-state index in [0.717, 1.165) is 0 Å². The maximum atomic E-state index is 10.8. The molecular formula is C8H8ClN5O3. The highest BCUT2D eigenvalue weighted by molar-refractivity contribution is 6.34. The lowest BCUT2D eigenvalue weighted by molar-refractivity contribution is -0.132. The first-order valence-corrected chi connectivity index (χ1v) is 4.90. The van der Waals surface area contributed by atoms with Gasteiger partial charge in [0.05, 0.1) is 11.1 Å². The fourth-order valence-corrected chi connectivity index (χ4v) is 1.60. The van der Waals surface area contributed by atoms with Crippen LogP contribution in [0, 0.1) is 0 Å². The molecule has 5 N–H and O–H groups in total. The molecule has 90 valence electrons. The van der Waals surface area contributed by atoms with E-state index in [4.69, 9.17) is 17.3 Å². The summed E-state index contributed by atoms with van der Waals surface area (Å²) in [6, 6.07) is 0. The number of nitrogens with zero attached hydrogens (tertiary/aromatic N) is 3. The molecule has 0 saturated heterocycles. The molecule has 0 radical (unpaired) electrons. The van der Waals surface area contributed by atoms with Gasteiger partial charge in [0.1, 0.15) is 17.6 Å². The van der Waals surface area contributed by atoms with Crippen molar-refractivity contribution in [1.82, 2.24) is 20.2 Å². The second-order valence-corrected chi connectivity index (χ2v) is 3.65. The molecule has 2 unspecified atom stereocenters. The minimum atomic E-state index is -1.77. The van der Waals surface area contributed by atoms with Crippen molar-refractivity contribution in [3.8, 4) is 0 Å². The van der Waals surface area contributed by atoms with Crippen LogP contribution in [-0.2, 0) is 4.79 Å². The van der Waals surface area contributed by atoms with Crippen molar-refractivity contribution >= 4 is 28.5 Å². The van der Waals surface area contributed by atoms with Crippen molar-refractivity contribution < 1.29 is 15.0 Å². The van der Waals surface area contributed by atoms with Gasteiger partial charge in [-0.25, -0.2) is 9.97 Å². The van der Waals surface area contributed by atoms with Gasteiger partial charge in [0, 0.05) is 0 Å². The van der Waals surface area contributed by atoms with E-state index in [9.17, 15) is 15.0 Å². The quantitative estimate of drug-likeness (QED) is 0.514. The number of aliphatic hydroxyl groups excluding tert-OH is 2. The van der Waals surface area contributed by atoms with E-state index in [0.29, 0.717) is 0 Å². The van der Waals surface area contributed by atoms with Gasteiger partial charge < -0.3 is 15.9 Å². The van der Waals surface area contributed by atoms with Crippen molar-refractivity contribution in [2.24, 2.45) is 5.73 Å². The molecule has 0 aromatic carbocycles. The van der Waals surface area contributed by atoms with Crippen LogP contribution in [0.3, 0.4) is 0 Å². The summed E-state index contributed by atoms with van der Waals surface area (Å²) in [5.74, 6) is -1.06. The number of carbonyl (C=O) groups is 1. The Morgan fingerprint density at radius 2 is 2.18 bits per heavy atom. The number of halogens is 1. The number of aliphatic hydroxyl groups is 2. The standard InChI is InChI=1S/C8H8ClN5O3/c9-6-2-3(4(15)5(16)7(10)17)13-14-8(2)12-1-11-6/h1,4-5,15-16H,(H2,10,17)(H,11,12,13,14). The molecule has 2 heterocycles. The van der Waals surface area contributed by atoms with Gasteiger partial charge in [0.2, 0.25) is 5.91 Å². The van der Waals surface area contributed by atoms with Gasteiger partial charge in [-0.3, -0.25) is 9.89 Å². The zero-order valence-electron chi connectivity index (χ0n) is 8.33. The Morgan fingerprint density at radius 3 is 2.82 bits per heavy atom. The summed E-state index contributed by atoms with van der Waals surface area (Å²) in [6.07, 6.45) is -2.14. The number of rotatable bonds is 3. The third-order valence-electron chi connectivity index (χ3n) is 2.22. The van der Waals surface area contributed by atoms with Gasteiger partial charge in [-0.2, -0.15) is 5.10 Å². The van der Waals surface area contributed by atoms with E-state index in [1.807, 2.05) is 0 Å². The van der Waals surface area contributed by atoms with Gasteiger partial charge in [-0.15, -0.1) is 0 Å². The number of aromatic nitrogens is 4. The Hall–Kier alpha value is -1.77. The first-order chi connectivity index (χ1) is 8.02. The van der Waals surface area contributed by atoms with Crippen LogP contribution in [0.4, 0.5) is 0 Å². The third kappa shape index (κ3) is 1.93. The smallest absolute Gasteiger partial charge is 0.249 e. The van der Waals surface area contributed by atoms with E-state index in [-0.39, 0.29) is 21.9 Å². The molecule has 1 amide bonds. The molecule has 9 heteroatoms. The molecule has 0 fully saturated rings. The predicted molar refractivity (Wildman–Crippen MR) is 56.9 cm³/mol. The number of nitrogens with two attached hydrogens (primary N) is 1. The molecule has 8 nitrogen and oxygen atoms in total. The number of amides is 1. The minimum absolute atomic E-state index is 0.0388. The molecule has 0 bridgehead atoms. The summed E-state index contributed by atoms with van der Waals surface area (Å²) in [6.45, 7) is 0. The molecular weight excluding hydrogens is 250 g/mol. The molecule has 17 heavy (non-hydrogen) atoms. The summed E-state index contributed by atoms with van der Waals surface area (Å²) < 4.78 is 0. The van der Waals surface area contributed by atoms with Crippen LogP contribution >= 0.6 is 11.6 Å². The van der Waals surface area contributed by atoms with E-state index >= 15 is 0 Å². The lowest BCUT2D eigenvalue weighted by Crippen LogP contribution is -2.34. The Kier molecular flexibility index (Phi) is 2.92. The topological polar surface area (TPSA) is 138 Å². The van der Waals surface area contributed by atoms with Crippen LogP contribution in [0.2, 0.25) is 5.15 Å². The summed E-state index contributed by atoms with van der Waals surface area (Å²) in [5.41, 5.74) is 5.13. The molecule has 0 aliphatic carbocycles. The molecule has 2 rings (SSSR count). The zero-order valence-corrected chi connectivity index (χ0v) is 9.09. The minimum Gasteiger partial charge on any atom is -0.383 e. The highest BCUT2D eigenvalue weighted by Gasteiger charge is 2.28. The fourth-order valence-electron chi connectivity index (χ4n) is 1.37. The average Bonchev–Trinajstić information content (AvgIpc) is 2.72. The summed E-state index contributed by atoms with van der Waals surface area (Å²) in [5, 5.41) is 25.6. The van der Waals surface area contributed by atoms with Crippen LogP contribution in [0.25, 0.3) is 11.0 Å². The molecule has 2 aromatic rings. The molecule has 2 atom stereocenters. The largest absolute Gasteiger partial charge is 0.383 e. The van der Waals surface area contributed by atoms with Gasteiger partial charge in [-0.05, 0) is 0 Å². The summed E-state index contributed by atoms with van der Waals surface area (Å²) in [4.78, 5) is 18.3. The van der Waals surface area contributed by atoms with Gasteiger partial charge in [-0.1, -0.05) is 11.6 Å². The molecule has 0 spiro atoms. The second kappa shape index (κ2) is 4.24. The molecule has 2 aromatic heterocycles. The Bertz CT molecular complexity index is 571. The number of nitrogens with one attached hydrogen (secondary N) is 1. The van der Waals surface area contributed by atoms with Crippen molar-refractivity contribution in [2.45, 2.75) is 12.2 Å². The van der Waals surface area contributed by atoms with Gasteiger partial charge in [0.25, 0.3) is 0 Å². The van der Waals surface area contributed by atoms with Crippen LogP contribution in [0.15, 0.2) is 6.33 Å². The number of H-pyrrole nitrogens is 1. The number of aromatic amines is 1. The second-order valence-electron chi connectivity index (χ2n) is 3.29. The average molecular weight is 258 g/mol. The maximum absolute atomic E-state index is 10.8. The zero-order chi connectivity index (χ0) is 12.6. The number of hydrogen-bond acceptors (Lipinski definition) is 6. The Morgan fingerprint density at radius 1 is 1.47 bits per heavy atom. The lowest BCUT2D eigenvalue weighted by Gasteiger charge is -2.13. The molecule has 0 aliphatic rings. The van der Waals surface area contributed by atoms with Crippen molar-refractivity contribution in [1.29, 1.82) is 0 Å². The van der Waals surface area contributed by atoms with Crippen LogP contribution in [0.5, 0.6) is 0 Å². The number of hydrogen-bond donors (Lipinski definition) is 4. The maximum Gasteiger partial charge on any atom is 0.249 e. The van der Waals surface area contributed by atoms with Crippen LogP contribution < -0.4 is 5.73 Å². The van der Waals surface area contributed by atoms with Crippen LogP contribution in [0.1, 0.15) is 11.8 Å². The molecule has 0 saturated carbocycles. The Balaban J connectivity index is 2.52. The fraction of sp³-hybridized carbons (Fsp3) is 0.250. The van der Waals surface area contributed by atoms with E-state index < -0.39 is 18.1 Å². The van der Waals surface area contributed by atoms with E-state index in [1.54, 1.807) is 0 Å². The predicted octanol–water partition coefficient (Wildman–Crippen LogP) is -1.11. The monoisotopic (exact) mass is 257 g/mol. The first-order valence-electron chi connectivity index (χ1n) is 4.52. The van der Waals surface area contributed by atoms with Crippen LogP contribution in [-0.4, -0.2) is 42.4 Å². The SMILES string of the molecule is NC(=O)C(O)C(O)c1[nH]nc2ncnc(Cl)c12.